The summed E-state index contributed by atoms with van der Waals surface area (Å²) in [6.07, 6.45) is 0. The number of aromatic amines is 1. The Kier molecular flexibility index (Phi) is 3.29. The van der Waals surface area contributed by atoms with Crippen LogP contribution in [-0.2, 0) is 14.4 Å². The Morgan fingerprint density at radius 3 is 2.59 bits per heavy atom. The van der Waals surface area contributed by atoms with Gasteiger partial charge in [0.05, 0.1) is 5.52 Å². The molecule has 112 valence electrons. The van der Waals surface area contributed by atoms with Crippen LogP contribution in [0.5, 0.6) is 0 Å². The molecule has 0 bridgehead atoms. The highest BCUT2D eigenvalue weighted by Gasteiger charge is 2.19. The largest absolute Gasteiger partial charge is 0.354 e. The molecule has 0 fully saturated rings. The summed E-state index contributed by atoms with van der Waals surface area (Å²) in [6, 6.07) is 9.60. The maximum Gasteiger partial charge on any atom is 0.330 e. The average molecular weight is 297 g/mol. The standard InChI is InChI=1S/C16H15N3O3/c1-9-16-12-6-4-5-7-13(12)18-14(16)8-15(17-9)19(10(2)20)22-11(3)21/h4-8,18H,1-3H3. The molecular formula is C16H15N3O3. The van der Waals surface area contributed by atoms with Crippen molar-refractivity contribution in [1.29, 1.82) is 0 Å². The van der Waals surface area contributed by atoms with Crippen LogP contribution in [0.1, 0.15) is 19.5 Å². The number of aryl methyl sites for hydroxylation is 1. The third-order valence-electron chi connectivity index (χ3n) is 3.37. The Hall–Kier alpha value is -2.89. The average Bonchev–Trinajstić information content (AvgIpc) is 2.82. The summed E-state index contributed by atoms with van der Waals surface area (Å²) in [5, 5.41) is 2.96. The first kappa shape index (κ1) is 14.1. The number of para-hydroxylation sites is 1. The minimum absolute atomic E-state index is 0.277. The van der Waals surface area contributed by atoms with Gasteiger partial charge in [-0.2, -0.15) is 0 Å². The van der Waals surface area contributed by atoms with Crippen molar-refractivity contribution in [1.82, 2.24) is 9.97 Å². The lowest BCUT2D eigenvalue weighted by Crippen LogP contribution is -2.31. The minimum atomic E-state index is -0.577. The molecule has 0 aliphatic carbocycles. The molecule has 1 N–H and O–H groups in total. The number of carbonyl (C=O) groups is 2. The summed E-state index contributed by atoms with van der Waals surface area (Å²) in [4.78, 5) is 35.5. The van der Waals surface area contributed by atoms with E-state index in [1.54, 1.807) is 6.07 Å². The van der Waals surface area contributed by atoms with Gasteiger partial charge in [0.2, 0.25) is 0 Å². The second-order valence-corrected chi connectivity index (χ2v) is 5.06. The maximum absolute atomic E-state index is 11.7. The predicted octanol–water partition coefficient (Wildman–Crippen LogP) is 2.86. The molecule has 1 aromatic carbocycles. The van der Waals surface area contributed by atoms with Crippen LogP contribution in [0.3, 0.4) is 0 Å². The van der Waals surface area contributed by atoms with Gasteiger partial charge < -0.3 is 9.82 Å². The van der Waals surface area contributed by atoms with E-state index < -0.39 is 11.9 Å². The van der Waals surface area contributed by atoms with E-state index in [1.165, 1.54) is 13.8 Å². The van der Waals surface area contributed by atoms with Crippen molar-refractivity contribution in [2.45, 2.75) is 20.8 Å². The van der Waals surface area contributed by atoms with Crippen LogP contribution < -0.4 is 5.06 Å². The number of pyridine rings is 1. The predicted molar refractivity (Wildman–Crippen MR) is 83.3 cm³/mol. The SMILES string of the molecule is CC(=O)ON(C(C)=O)c1cc2[nH]c3ccccc3c2c(C)n1. The van der Waals surface area contributed by atoms with Crippen LogP contribution in [-0.4, -0.2) is 21.8 Å². The lowest BCUT2D eigenvalue weighted by Gasteiger charge is -2.18. The number of benzene rings is 1. The molecule has 0 saturated heterocycles. The van der Waals surface area contributed by atoms with Crippen LogP contribution in [0.15, 0.2) is 30.3 Å². The van der Waals surface area contributed by atoms with E-state index in [9.17, 15) is 9.59 Å². The molecular weight excluding hydrogens is 282 g/mol. The number of carbonyl (C=O) groups excluding carboxylic acids is 2. The summed E-state index contributed by atoms with van der Waals surface area (Å²) in [7, 11) is 0. The number of hydrogen-bond donors (Lipinski definition) is 1. The molecule has 22 heavy (non-hydrogen) atoms. The number of fused-ring (bicyclic) bond motifs is 3. The molecule has 0 aliphatic rings. The van der Waals surface area contributed by atoms with Gasteiger partial charge in [-0.1, -0.05) is 18.2 Å². The zero-order valence-electron chi connectivity index (χ0n) is 12.5. The third-order valence-corrected chi connectivity index (χ3v) is 3.37. The lowest BCUT2D eigenvalue weighted by atomic mass is 10.1. The van der Waals surface area contributed by atoms with Crippen LogP contribution in [0, 0.1) is 6.92 Å². The second kappa shape index (κ2) is 5.14. The molecule has 2 heterocycles. The van der Waals surface area contributed by atoms with E-state index in [4.69, 9.17) is 4.84 Å². The van der Waals surface area contributed by atoms with E-state index in [2.05, 4.69) is 9.97 Å². The molecule has 6 heteroatoms. The number of rotatable bonds is 1. The summed E-state index contributed by atoms with van der Waals surface area (Å²) >= 11 is 0. The van der Waals surface area contributed by atoms with Crippen molar-refractivity contribution in [3.05, 3.63) is 36.0 Å². The maximum atomic E-state index is 11.7. The van der Waals surface area contributed by atoms with Crippen LogP contribution in [0.25, 0.3) is 21.8 Å². The van der Waals surface area contributed by atoms with E-state index >= 15 is 0 Å². The summed E-state index contributed by atoms with van der Waals surface area (Å²) < 4.78 is 0. The van der Waals surface area contributed by atoms with Crippen molar-refractivity contribution in [2.75, 3.05) is 5.06 Å². The quantitative estimate of drug-likeness (QED) is 0.701. The fraction of sp³-hybridized carbons (Fsp3) is 0.188. The number of H-pyrrole nitrogens is 1. The van der Waals surface area contributed by atoms with Crippen LogP contribution >= 0.6 is 0 Å². The topological polar surface area (TPSA) is 75.3 Å². The number of nitrogens with one attached hydrogen (secondary N) is 1. The summed E-state index contributed by atoms with van der Waals surface area (Å²) in [5.41, 5.74) is 2.58. The van der Waals surface area contributed by atoms with E-state index in [-0.39, 0.29) is 5.82 Å². The number of amides is 1. The molecule has 0 saturated carbocycles. The minimum Gasteiger partial charge on any atom is -0.354 e. The smallest absolute Gasteiger partial charge is 0.330 e. The Morgan fingerprint density at radius 2 is 1.91 bits per heavy atom. The van der Waals surface area contributed by atoms with E-state index in [1.807, 2.05) is 31.2 Å². The van der Waals surface area contributed by atoms with Gasteiger partial charge in [0.15, 0.2) is 5.82 Å². The first-order chi connectivity index (χ1) is 10.5. The first-order valence-corrected chi connectivity index (χ1v) is 6.84. The van der Waals surface area contributed by atoms with Gasteiger partial charge >= 0.3 is 5.97 Å². The van der Waals surface area contributed by atoms with Crippen molar-refractivity contribution in [2.24, 2.45) is 0 Å². The van der Waals surface area contributed by atoms with Gasteiger partial charge in [0.1, 0.15) is 0 Å². The molecule has 3 rings (SSSR count). The molecule has 1 amide bonds. The van der Waals surface area contributed by atoms with Gasteiger partial charge in [-0.3, -0.25) is 4.79 Å². The van der Waals surface area contributed by atoms with Crippen molar-refractivity contribution < 1.29 is 14.4 Å². The second-order valence-electron chi connectivity index (χ2n) is 5.06. The Balaban J connectivity index is 2.21. The molecule has 0 radical (unpaired) electrons. The molecule has 6 nitrogen and oxygen atoms in total. The van der Waals surface area contributed by atoms with Gasteiger partial charge in [-0.15, -0.1) is 5.06 Å². The monoisotopic (exact) mass is 297 g/mol. The Bertz CT molecular complexity index is 898. The molecule has 0 spiro atoms. The number of hydrogen-bond acceptors (Lipinski definition) is 4. The van der Waals surface area contributed by atoms with Crippen LogP contribution in [0.4, 0.5) is 5.82 Å². The summed E-state index contributed by atoms with van der Waals surface area (Å²) in [6.45, 7) is 4.41. The highest BCUT2D eigenvalue weighted by molar-refractivity contribution is 6.09. The molecule has 0 aliphatic heterocycles. The Morgan fingerprint density at radius 1 is 1.18 bits per heavy atom. The number of anilines is 1. The zero-order valence-corrected chi connectivity index (χ0v) is 12.5. The highest BCUT2D eigenvalue weighted by Crippen LogP contribution is 2.30. The van der Waals surface area contributed by atoms with Gasteiger partial charge in [0, 0.05) is 41.9 Å². The number of nitrogens with zero attached hydrogens (tertiary/aromatic N) is 2. The van der Waals surface area contributed by atoms with Gasteiger partial charge in [-0.25, -0.2) is 9.78 Å². The van der Waals surface area contributed by atoms with Crippen molar-refractivity contribution >= 4 is 39.5 Å². The van der Waals surface area contributed by atoms with E-state index in [0.717, 1.165) is 32.6 Å². The molecule has 3 aromatic rings. The fourth-order valence-electron chi connectivity index (χ4n) is 2.55. The molecule has 0 atom stereocenters. The third kappa shape index (κ3) is 2.28. The normalized spacial score (nSPS) is 10.9. The number of hydroxylamine groups is 1. The van der Waals surface area contributed by atoms with Gasteiger partial charge in [0.25, 0.3) is 5.91 Å². The van der Waals surface area contributed by atoms with Crippen LogP contribution in [0.2, 0.25) is 0 Å². The zero-order chi connectivity index (χ0) is 15.9. The number of aromatic nitrogens is 2. The molecule has 2 aromatic heterocycles. The fourth-order valence-corrected chi connectivity index (χ4v) is 2.55. The lowest BCUT2D eigenvalue weighted by molar-refractivity contribution is -0.147. The van der Waals surface area contributed by atoms with E-state index in [0.29, 0.717) is 0 Å². The first-order valence-electron chi connectivity index (χ1n) is 6.84. The Labute approximate surface area is 126 Å². The van der Waals surface area contributed by atoms with Crippen molar-refractivity contribution in [3.63, 3.8) is 0 Å². The van der Waals surface area contributed by atoms with Crippen molar-refractivity contribution in [3.8, 4) is 0 Å². The highest BCUT2D eigenvalue weighted by atomic mass is 16.7. The molecule has 0 unspecified atom stereocenters. The van der Waals surface area contributed by atoms with Gasteiger partial charge in [-0.05, 0) is 13.0 Å². The summed E-state index contributed by atoms with van der Waals surface area (Å²) in [5.74, 6) is -0.719.